The Morgan fingerprint density at radius 1 is 1.09 bits per heavy atom. The predicted octanol–water partition coefficient (Wildman–Crippen LogP) is 5.31. The smallest absolute Gasteiger partial charge is 0.269 e. The fourth-order valence-electron chi connectivity index (χ4n) is 4.08. The monoisotopic (exact) mass is 457 g/mol. The molecule has 0 atom stereocenters. The molecule has 0 spiro atoms. The van der Waals surface area contributed by atoms with E-state index >= 15 is 0 Å². The van der Waals surface area contributed by atoms with E-state index in [4.69, 9.17) is 4.74 Å². The first kappa shape index (κ1) is 21.0. The van der Waals surface area contributed by atoms with Crippen LogP contribution in [0.3, 0.4) is 0 Å². The van der Waals surface area contributed by atoms with Crippen molar-refractivity contribution in [3.63, 3.8) is 0 Å². The molecule has 0 saturated carbocycles. The van der Waals surface area contributed by atoms with Gasteiger partial charge in [-0.2, -0.15) is 0 Å². The Bertz CT molecular complexity index is 1610. The summed E-state index contributed by atoms with van der Waals surface area (Å²) in [7, 11) is -1.96. The second-order valence-electron chi connectivity index (χ2n) is 7.96. The maximum atomic E-state index is 13.8. The molecule has 0 saturated heterocycles. The van der Waals surface area contributed by atoms with Crippen LogP contribution in [0.25, 0.3) is 33.2 Å². The van der Waals surface area contributed by atoms with Gasteiger partial charge in [0.25, 0.3) is 10.0 Å². The van der Waals surface area contributed by atoms with E-state index in [0.717, 1.165) is 27.4 Å². The van der Waals surface area contributed by atoms with Gasteiger partial charge < -0.3 is 9.30 Å². The van der Waals surface area contributed by atoms with Crippen molar-refractivity contribution >= 4 is 32.0 Å². The van der Waals surface area contributed by atoms with Gasteiger partial charge in [-0.3, -0.25) is 0 Å². The number of ether oxygens (including phenoxy) is 1. The highest BCUT2D eigenvalue weighted by molar-refractivity contribution is 7.90. The molecule has 7 heteroatoms. The van der Waals surface area contributed by atoms with Gasteiger partial charge in [0.15, 0.2) is 5.65 Å². The van der Waals surface area contributed by atoms with Gasteiger partial charge in [0, 0.05) is 41.3 Å². The molecule has 0 fully saturated rings. The van der Waals surface area contributed by atoms with Crippen LogP contribution in [0.2, 0.25) is 0 Å². The highest BCUT2D eigenvalue weighted by Crippen LogP contribution is 2.37. The van der Waals surface area contributed by atoms with Gasteiger partial charge >= 0.3 is 0 Å². The van der Waals surface area contributed by atoms with Gasteiger partial charge in [-0.1, -0.05) is 30.4 Å². The first-order chi connectivity index (χ1) is 15.9. The second-order valence-corrected chi connectivity index (χ2v) is 9.75. The Hall–Kier alpha value is -3.84. The fourth-order valence-corrected chi connectivity index (χ4v) is 5.56. The van der Waals surface area contributed by atoms with Crippen molar-refractivity contribution in [2.45, 2.75) is 11.8 Å². The van der Waals surface area contributed by atoms with E-state index in [2.05, 4.69) is 11.6 Å². The Balaban J connectivity index is 1.80. The van der Waals surface area contributed by atoms with Gasteiger partial charge in [0.1, 0.15) is 12.4 Å². The molecule has 0 aliphatic heterocycles. The molecular weight excluding hydrogens is 434 g/mol. The van der Waals surface area contributed by atoms with Gasteiger partial charge in [-0.05, 0) is 55.5 Å². The van der Waals surface area contributed by atoms with Crippen molar-refractivity contribution in [2.75, 3.05) is 6.61 Å². The van der Waals surface area contributed by atoms with Crippen molar-refractivity contribution in [3.05, 3.63) is 91.3 Å². The molecule has 3 aromatic heterocycles. The first-order valence-corrected chi connectivity index (χ1v) is 12.0. The largest absolute Gasteiger partial charge is 0.490 e. The minimum atomic E-state index is -3.90. The highest BCUT2D eigenvalue weighted by Gasteiger charge is 2.26. The second kappa shape index (κ2) is 7.94. The molecule has 0 unspecified atom stereocenters. The van der Waals surface area contributed by atoms with E-state index in [-0.39, 0.29) is 4.90 Å². The number of aromatic nitrogens is 3. The standard InChI is InChI=1S/C26H23N3O3S/c1-4-14-32-20-9-12-24-22(16-20)23(17-28(24)3)25-15-19-6-5-13-27-26(19)29(25)33(30,31)21-10-7-18(2)8-11-21/h4-13,15-17H,1,14H2,2-3H3. The predicted molar refractivity (Wildman–Crippen MR) is 131 cm³/mol. The normalized spacial score (nSPS) is 11.8. The summed E-state index contributed by atoms with van der Waals surface area (Å²) >= 11 is 0. The van der Waals surface area contributed by atoms with Gasteiger partial charge in [-0.15, -0.1) is 0 Å². The summed E-state index contributed by atoms with van der Waals surface area (Å²) < 4.78 is 36.8. The molecule has 166 valence electrons. The van der Waals surface area contributed by atoms with Crippen LogP contribution in [0, 0.1) is 6.92 Å². The maximum absolute atomic E-state index is 13.8. The molecule has 3 heterocycles. The molecule has 2 aromatic carbocycles. The van der Waals surface area contributed by atoms with Crippen molar-refractivity contribution in [1.29, 1.82) is 0 Å². The molecule has 0 bridgehead atoms. The van der Waals surface area contributed by atoms with E-state index in [1.54, 1.807) is 42.6 Å². The Labute approximate surface area is 192 Å². The topological polar surface area (TPSA) is 66.1 Å². The third-order valence-electron chi connectivity index (χ3n) is 5.68. The number of benzene rings is 2. The van der Waals surface area contributed by atoms with Crippen molar-refractivity contribution in [2.24, 2.45) is 7.05 Å². The molecule has 0 aliphatic rings. The van der Waals surface area contributed by atoms with Gasteiger partial charge in [0.2, 0.25) is 0 Å². The maximum Gasteiger partial charge on any atom is 0.269 e. The minimum absolute atomic E-state index is 0.216. The Morgan fingerprint density at radius 2 is 1.88 bits per heavy atom. The van der Waals surface area contributed by atoms with E-state index in [9.17, 15) is 8.42 Å². The molecule has 33 heavy (non-hydrogen) atoms. The zero-order valence-corrected chi connectivity index (χ0v) is 19.2. The van der Waals surface area contributed by atoms with Crippen molar-refractivity contribution < 1.29 is 13.2 Å². The van der Waals surface area contributed by atoms with E-state index in [1.807, 2.05) is 55.1 Å². The van der Waals surface area contributed by atoms with Crippen LogP contribution in [0.5, 0.6) is 5.75 Å². The molecule has 0 radical (unpaired) electrons. The molecule has 5 aromatic rings. The third kappa shape index (κ3) is 3.50. The highest BCUT2D eigenvalue weighted by atomic mass is 32.2. The van der Waals surface area contributed by atoms with Crippen LogP contribution < -0.4 is 4.74 Å². The first-order valence-electron chi connectivity index (χ1n) is 10.5. The Morgan fingerprint density at radius 3 is 2.64 bits per heavy atom. The van der Waals surface area contributed by atoms with E-state index in [0.29, 0.717) is 23.7 Å². The number of pyridine rings is 1. The fraction of sp³-hybridized carbons (Fsp3) is 0.115. The average Bonchev–Trinajstić information content (AvgIpc) is 3.36. The SMILES string of the molecule is C=CCOc1ccc2c(c1)c(-c1cc3cccnc3n1S(=O)(=O)c1ccc(C)cc1)cn2C. The Kier molecular flexibility index (Phi) is 5.06. The van der Waals surface area contributed by atoms with Gasteiger partial charge in [0.05, 0.1) is 10.6 Å². The van der Waals surface area contributed by atoms with Gasteiger partial charge in [-0.25, -0.2) is 17.4 Å². The molecule has 0 aliphatic carbocycles. The van der Waals surface area contributed by atoms with Crippen molar-refractivity contribution in [1.82, 2.24) is 13.5 Å². The number of hydrogen-bond acceptors (Lipinski definition) is 4. The lowest BCUT2D eigenvalue weighted by Crippen LogP contribution is -2.14. The number of hydrogen-bond donors (Lipinski definition) is 0. The summed E-state index contributed by atoms with van der Waals surface area (Å²) in [6, 6.07) is 18.2. The quantitative estimate of drug-likeness (QED) is 0.324. The summed E-state index contributed by atoms with van der Waals surface area (Å²) in [5.41, 5.74) is 3.68. The zero-order valence-electron chi connectivity index (χ0n) is 18.4. The van der Waals surface area contributed by atoms with Crippen LogP contribution >= 0.6 is 0 Å². The summed E-state index contributed by atoms with van der Waals surface area (Å²) in [4.78, 5) is 4.64. The summed E-state index contributed by atoms with van der Waals surface area (Å²) in [6.07, 6.45) is 5.24. The lowest BCUT2D eigenvalue weighted by atomic mass is 10.1. The van der Waals surface area contributed by atoms with E-state index < -0.39 is 10.0 Å². The number of fused-ring (bicyclic) bond motifs is 2. The summed E-state index contributed by atoms with van der Waals surface area (Å²) in [5, 5.41) is 1.64. The van der Waals surface area contributed by atoms with Crippen LogP contribution in [-0.4, -0.2) is 28.5 Å². The lowest BCUT2D eigenvalue weighted by molar-refractivity contribution is 0.364. The molecule has 6 nitrogen and oxygen atoms in total. The zero-order chi connectivity index (χ0) is 23.2. The van der Waals surface area contributed by atoms with E-state index in [1.165, 1.54) is 3.97 Å². The van der Waals surface area contributed by atoms with Crippen LogP contribution in [0.15, 0.2) is 90.6 Å². The number of rotatable bonds is 6. The third-order valence-corrected chi connectivity index (χ3v) is 7.40. The van der Waals surface area contributed by atoms with Crippen LogP contribution in [0.4, 0.5) is 0 Å². The molecule has 0 N–H and O–H groups in total. The molecule has 5 rings (SSSR count). The van der Waals surface area contributed by atoms with Crippen LogP contribution in [-0.2, 0) is 17.1 Å². The number of nitrogens with zero attached hydrogens (tertiary/aromatic N) is 3. The summed E-state index contributed by atoms with van der Waals surface area (Å²) in [6.45, 7) is 6.01. The van der Waals surface area contributed by atoms with Crippen molar-refractivity contribution in [3.8, 4) is 17.0 Å². The number of aryl methyl sites for hydroxylation is 2. The summed E-state index contributed by atoms with van der Waals surface area (Å²) in [5.74, 6) is 0.692. The molecule has 0 amide bonds. The molecular formula is C26H23N3O3S. The lowest BCUT2D eigenvalue weighted by Gasteiger charge is -2.12. The minimum Gasteiger partial charge on any atom is -0.490 e. The average molecular weight is 458 g/mol. The van der Waals surface area contributed by atoms with Crippen LogP contribution in [0.1, 0.15) is 5.56 Å².